The molecule has 2 saturated heterocycles. The number of aliphatic imine (C=N–C) groups is 1. The van der Waals surface area contributed by atoms with Crippen molar-refractivity contribution in [3.63, 3.8) is 0 Å². The van der Waals surface area contributed by atoms with Crippen molar-refractivity contribution in [1.29, 1.82) is 0 Å². The third kappa shape index (κ3) is 1.38. The summed E-state index contributed by atoms with van der Waals surface area (Å²) in [5.41, 5.74) is 3.97. The first-order chi connectivity index (χ1) is 10.8. The largest absolute Gasteiger partial charge is 0.396 e. The van der Waals surface area contributed by atoms with Gasteiger partial charge in [0.1, 0.15) is 0 Å². The summed E-state index contributed by atoms with van der Waals surface area (Å²) in [6, 6.07) is 9.20. The van der Waals surface area contributed by atoms with Crippen molar-refractivity contribution in [1.82, 2.24) is 4.90 Å². The quantitative estimate of drug-likeness (QED) is 0.911. The monoisotopic (exact) mass is 296 g/mol. The van der Waals surface area contributed by atoms with E-state index in [1.165, 1.54) is 36.3 Å². The molecule has 3 aliphatic heterocycles. The van der Waals surface area contributed by atoms with Gasteiger partial charge in [0.15, 0.2) is 0 Å². The first-order valence-electron chi connectivity index (χ1n) is 8.83. The van der Waals surface area contributed by atoms with Gasteiger partial charge in [-0.15, -0.1) is 0 Å². The van der Waals surface area contributed by atoms with Crippen molar-refractivity contribution >= 4 is 11.4 Å². The molecule has 4 aliphatic rings. The van der Waals surface area contributed by atoms with Crippen LogP contribution in [0.1, 0.15) is 31.7 Å². The lowest BCUT2D eigenvalue weighted by Crippen LogP contribution is -2.69. The Labute approximate surface area is 132 Å². The Morgan fingerprint density at radius 2 is 2.23 bits per heavy atom. The second-order valence-electron chi connectivity index (χ2n) is 7.60. The highest BCUT2D eigenvalue weighted by Crippen LogP contribution is 2.60. The minimum absolute atomic E-state index is 0.0310. The molecule has 1 aliphatic carbocycles. The van der Waals surface area contributed by atoms with Gasteiger partial charge in [-0.05, 0) is 36.3 Å². The van der Waals surface area contributed by atoms with Gasteiger partial charge in [0.25, 0.3) is 0 Å². The Kier molecular flexibility index (Phi) is 2.67. The third-order valence-electron chi connectivity index (χ3n) is 7.07. The molecular weight excluding hydrogens is 272 g/mol. The first-order valence-corrected chi connectivity index (χ1v) is 8.83. The smallest absolute Gasteiger partial charge is 0.0671 e. The number of nitrogens with zero attached hydrogens (tertiary/aromatic N) is 2. The Balaban J connectivity index is 1.74. The fraction of sp³-hybridized carbons (Fsp3) is 0.632. The summed E-state index contributed by atoms with van der Waals surface area (Å²) in [6.07, 6.45) is 3.57. The highest BCUT2D eigenvalue weighted by Gasteiger charge is 2.63. The van der Waals surface area contributed by atoms with E-state index in [4.69, 9.17) is 4.99 Å². The average molecular weight is 296 g/mol. The number of benzene rings is 1. The molecule has 0 aromatic heterocycles. The predicted octanol–water partition coefficient (Wildman–Crippen LogP) is 2.75. The number of aliphatic hydroxyl groups excluding tert-OH is 1. The third-order valence-corrected chi connectivity index (χ3v) is 7.07. The molecular formula is C19H24N2O. The van der Waals surface area contributed by atoms with E-state index in [-0.39, 0.29) is 5.41 Å². The molecule has 3 heterocycles. The van der Waals surface area contributed by atoms with Gasteiger partial charge in [-0.25, -0.2) is 0 Å². The lowest BCUT2D eigenvalue weighted by atomic mass is 9.50. The minimum atomic E-state index is 0.0310. The molecule has 0 spiro atoms. The van der Waals surface area contributed by atoms with Gasteiger partial charge >= 0.3 is 0 Å². The number of piperidine rings is 2. The molecule has 5 atom stereocenters. The Morgan fingerprint density at radius 1 is 1.36 bits per heavy atom. The molecule has 1 aromatic rings. The molecule has 5 rings (SSSR count). The van der Waals surface area contributed by atoms with Crippen LogP contribution in [0.3, 0.4) is 0 Å². The van der Waals surface area contributed by atoms with Gasteiger partial charge in [-0.2, -0.15) is 0 Å². The van der Waals surface area contributed by atoms with Gasteiger partial charge in [0.05, 0.1) is 5.69 Å². The van der Waals surface area contributed by atoms with E-state index in [0.717, 1.165) is 18.9 Å². The van der Waals surface area contributed by atoms with Crippen LogP contribution in [0, 0.1) is 17.8 Å². The van der Waals surface area contributed by atoms with Crippen LogP contribution in [0.5, 0.6) is 0 Å². The number of para-hydroxylation sites is 1. The molecule has 22 heavy (non-hydrogen) atoms. The van der Waals surface area contributed by atoms with Crippen molar-refractivity contribution < 1.29 is 5.11 Å². The van der Waals surface area contributed by atoms with E-state index in [9.17, 15) is 5.11 Å². The number of rotatable bonds is 2. The van der Waals surface area contributed by atoms with Crippen LogP contribution in [0.2, 0.25) is 0 Å². The maximum atomic E-state index is 10.3. The van der Waals surface area contributed by atoms with Gasteiger partial charge in [-0.3, -0.25) is 9.89 Å². The van der Waals surface area contributed by atoms with Gasteiger partial charge in [0, 0.05) is 42.8 Å². The Bertz CT molecular complexity index is 655. The summed E-state index contributed by atoms with van der Waals surface area (Å²) in [7, 11) is 0. The first kappa shape index (κ1) is 13.3. The summed E-state index contributed by atoms with van der Waals surface area (Å²) in [6.45, 7) is 4.99. The summed E-state index contributed by atoms with van der Waals surface area (Å²) in [5.74, 6) is 1.75. The normalized spacial score (nSPS) is 42.0. The minimum Gasteiger partial charge on any atom is -0.396 e. The summed E-state index contributed by atoms with van der Waals surface area (Å²) >= 11 is 0. The van der Waals surface area contributed by atoms with Crippen LogP contribution < -0.4 is 0 Å². The molecule has 3 bridgehead atoms. The highest BCUT2D eigenvalue weighted by atomic mass is 16.3. The number of aliphatic hydroxyl groups is 1. The summed E-state index contributed by atoms with van der Waals surface area (Å²) in [4.78, 5) is 7.76. The van der Waals surface area contributed by atoms with Gasteiger partial charge in [-0.1, -0.05) is 31.5 Å². The van der Waals surface area contributed by atoms with Crippen LogP contribution >= 0.6 is 0 Å². The molecule has 1 aromatic carbocycles. The lowest BCUT2D eigenvalue weighted by molar-refractivity contribution is -0.0391. The second kappa shape index (κ2) is 4.42. The van der Waals surface area contributed by atoms with Crippen molar-refractivity contribution in [2.24, 2.45) is 22.7 Å². The van der Waals surface area contributed by atoms with Crippen molar-refractivity contribution in [3.05, 3.63) is 29.8 Å². The van der Waals surface area contributed by atoms with Crippen LogP contribution in [0.25, 0.3) is 0 Å². The van der Waals surface area contributed by atoms with Crippen LogP contribution in [-0.4, -0.2) is 41.5 Å². The van der Waals surface area contributed by atoms with Gasteiger partial charge in [0.2, 0.25) is 0 Å². The molecule has 3 fully saturated rings. The number of fused-ring (bicyclic) bond motifs is 2. The fourth-order valence-corrected chi connectivity index (χ4v) is 6.12. The number of hydrogen-bond donors (Lipinski definition) is 1. The van der Waals surface area contributed by atoms with Crippen LogP contribution in [0.15, 0.2) is 29.3 Å². The molecule has 5 unspecified atom stereocenters. The standard InChI is InChI=1S/C19H24N2O/c1-2-12-10-21-8-7-19-14-5-3-4-6-16(14)20-18(19)17(21)9-13(12)15(19)11-22/h3-6,12-13,15,17,22H,2,7-11H2,1H3. The average Bonchev–Trinajstić information content (AvgIpc) is 2.90. The van der Waals surface area contributed by atoms with Crippen molar-refractivity contribution in [2.75, 3.05) is 19.7 Å². The van der Waals surface area contributed by atoms with Crippen LogP contribution in [0.4, 0.5) is 5.69 Å². The van der Waals surface area contributed by atoms with E-state index >= 15 is 0 Å². The zero-order valence-electron chi connectivity index (χ0n) is 13.2. The van der Waals surface area contributed by atoms with Crippen molar-refractivity contribution in [3.8, 4) is 0 Å². The zero-order valence-corrected chi connectivity index (χ0v) is 13.2. The zero-order chi connectivity index (χ0) is 14.9. The van der Waals surface area contributed by atoms with E-state index in [1.807, 2.05) is 0 Å². The summed E-state index contributed by atoms with van der Waals surface area (Å²) < 4.78 is 0. The maximum absolute atomic E-state index is 10.3. The molecule has 0 radical (unpaired) electrons. The van der Waals surface area contributed by atoms with Gasteiger partial charge < -0.3 is 5.11 Å². The highest BCUT2D eigenvalue weighted by molar-refractivity contribution is 6.07. The molecule has 116 valence electrons. The second-order valence-corrected chi connectivity index (χ2v) is 7.60. The molecule has 0 amide bonds. The Morgan fingerprint density at radius 3 is 3.05 bits per heavy atom. The molecule has 3 heteroatoms. The van der Waals surface area contributed by atoms with E-state index in [0.29, 0.717) is 24.5 Å². The topological polar surface area (TPSA) is 35.8 Å². The molecule has 1 N–H and O–H groups in total. The summed E-state index contributed by atoms with van der Waals surface area (Å²) in [5, 5.41) is 10.3. The van der Waals surface area contributed by atoms with E-state index in [1.54, 1.807) is 0 Å². The fourth-order valence-electron chi connectivity index (χ4n) is 6.12. The van der Waals surface area contributed by atoms with Crippen LogP contribution in [-0.2, 0) is 5.41 Å². The maximum Gasteiger partial charge on any atom is 0.0671 e. The predicted molar refractivity (Wildman–Crippen MR) is 87.7 cm³/mol. The lowest BCUT2D eigenvalue weighted by Gasteiger charge is -2.61. The molecule has 1 saturated carbocycles. The van der Waals surface area contributed by atoms with Crippen molar-refractivity contribution in [2.45, 2.75) is 37.6 Å². The Hall–Kier alpha value is -1.19. The molecule has 3 nitrogen and oxygen atoms in total. The van der Waals surface area contributed by atoms with E-state index in [2.05, 4.69) is 36.1 Å². The number of hydrogen-bond acceptors (Lipinski definition) is 3. The SMILES string of the molecule is CCC1CN2CCC34C(=Nc5ccccc53)C2CC1C4CO. The van der Waals surface area contributed by atoms with E-state index < -0.39 is 0 Å².